The zero-order valence-corrected chi connectivity index (χ0v) is 15.6. The molecule has 2 aliphatic rings. The molecule has 2 amide bonds. The van der Waals surface area contributed by atoms with Crippen molar-refractivity contribution >= 4 is 35.1 Å². The Balaban J connectivity index is 1.65. The van der Waals surface area contributed by atoms with Gasteiger partial charge in [-0.2, -0.15) is 9.97 Å². The number of aromatic nitrogens is 2. The zero-order chi connectivity index (χ0) is 19.7. The molecule has 1 aromatic carbocycles. The molecule has 9 nitrogen and oxygen atoms in total. The quantitative estimate of drug-likeness (QED) is 0.730. The standard InChI is InChI=1S/C19H22N6O3/c1-11-4-2-3-5-13(11)21-18(27)12-10-14(26)22-17-15(12)16(20)23-19(24-17)25-6-8-28-9-7-25/h2-5,12H,6-10H2,1H3,(H,21,27)(H3,20,22,23,24,26)/t12-/m0/s1. The summed E-state index contributed by atoms with van der Waals surface area (Å²) in [6, 6.07) is 7.46. The molecule has 0 spiro atoms. The minimum absolute atomic E-state index is 0.00479. The fourth-order valence-corrected chi connectivity index (χ4v) is 3.45. The summed E-state index contributed by atoms with van der Waals surface area (Å²) in [5.41, 5.74) is 8.30. The predicted octanol–water partition coefficient (Wildman–Crippen LogP) is 1.27. The second-order valence-electron chi connectivity index (χ2n) is 6.88. The highest BCUT2D eigenvalue weighted by Gasteiger charge is 2.35. The van der Waals surface area contributed by atoms with Crippen molar-refractivity contribution in [3.8, 4) is 0 Å². The van der Waals surface area contributed by atoms with Crippen molar-refractivity contribution in [1.29, 1.82) is 0 Å². The van der Waals surface area contributed by atoms with Crippen LogP contribution in [-0.2, 0) is 14.3 Å². The van der Waals surface area contributed by atoms with Crippen LogP contribution in [0.2, 0.25) is 0 Å². The van der Waals surface area contributed by atoms with E-state index in [0.29, 0.717) is 49.3 Å². The molecule has 1 fully saturated rings. The van der Waals surface area contributed by atoms with Crippen molar-refractivity contribution in [2.75, 3.05) is 47.6 Å². The van der Waals surface area contributed by atoms with Crippen LogP contribution in [0.4, 0.5) is 23.3 Å². The number of benzene rings is 1. The first-order chi connectivity index (χ1) is 13.5. The Morgan fingerprint density at radius 3 is 2.79 bits per heavy atom. The van der Waals surface area contributed by atoms with Crippen molar-refractivity contribution in [3.63, 3.8) is 0 Å². The maximum atomic E-state index is 12.9. The first kappa shape index (κ1) is 18.2. The molecule has 2 aromatic rings. The highest BCUT2D eigenvalue weighted by molar-refractivity contribution is 6.05. The molecule has 0 bridgehead atoms. The van der Waals surface area contributed by atoms with Gasteiger partial charge in [0.15, 0.2) is 0 Å². The molecular weight excluding hydrogens is 360 g/mol. The number of morpholine rings is 1. The van der Waals surface area contributed by atoms with Gasteiger partial charge in [-0.1, -0.05) is 18.2 Å². The van der Waals surface area contributed by atoms with E-state index in [1.165, 1.54) is 0 Å². The van der Waals surface area contributed by atoms with Crippen LogP contribution in [-0.4, -0.2) is 48.1 Å². The third-order valence-corrected chi connectivity index (χ3v) is 4.97. The molecule has 2 aliphatic heterocycles. The number of rotatable bonds is 3. The van der Waals surface area contributed by atoms with Gasteiger partial charge in [-0.3, -0.25) is 9.59 Å². The Bertz CT molecular complexity index is 926. The van der Waals surface area contributed by atoms with Crippen LogP contribution < -0.4 is 21.3 Å². The van der Waals surface area contributed by atoms with Crippen molar-refractivity contribution in [2.24, 2.45) is 0 Å². The second-order valence-corrected chi connectivity index (χ2v) is 6.88. The fourth-order valence-electron chi connectivity index (χ4n) is 3.45. The molecule has 1 saturated heterocycles. The Kier molecular flexibility index (Phi) is 4.82. The third kappa shape index (κ3) is 3.48. The van der Waals surface area contributed by atoms with Gasteiger partial charge >= 0.3 is 0 Å². The summed E-state index contributed by atoms with van der Waals surface area (Å²) < 4.78 is 5.34. The Hall–Kier alpha value is -3.20. The van der Waals surface area contributed by atoms with Gasteiger partial charge in [-0.15, -0.1) is 0 Å². The summed E-state index contributed by atoms with van der Waals surface area (Å²) in [5, 5.41) is 5.62. The van der Waals surface area contributed by atoms with Gasteiger partial charge in [-0.25, -0.2) is 0 Å². The Morgan fingerprint density at radius 2 is 2.04 bits per heavy atom. The Morgan fingerprint density at radius 1 is 1.29 bits per heavy atom. The van der Waals surface area contributed by atoms with Crippen LogP contribution >= 0.6 is 0 Å². The first-order valence-corrected chi connectivity index (χ1v) is 9.19. The number of ether oxygens (including phenoxy) is 1. The van der Waals surface area contributed by atoms with Gasteiger partial charge in [0, 0.05) is 25.2 Å². The van der Waals surface area contributed by atoms with E-state index in [0.717, 1.165) is 5.56 Å². The van der Waals surface area contributed by atoms with Crippen molar-refractivity contribution in [2.45, 2.75) is 19.3 Å². The normalized spacial score (nSPS) is 19.0. The maximum absolute atomic E-state index is 12.9. The minimum Gasteiger partial charge on any atom is -0.383 e. The lowest BCUT2D eigenvalue weighted by molar-refractivity contribution is -0.123. The molecule has 4 N–H and O–H groups in total. The fraction of sp³-hybridized carbons (Fsp3) is 0.368. The SMILES string of the molecule is Cc1ccccc1NC(=O)[C@H]1CC(=O)Nc2nc(N3CCOCC3)nc(N)c21. The maximum Gasteiger partial charge on any atom is 0.232 e. The van der Waals surface area contributed by atoms with Gasteiger partial charge in [0.1, 0.15) is 11.6 Å². The van der Waals surface area contributed by atoms with E-state index in [-0.39, 0.29) is 24.1 Å². The van der Waals surface area contributed by atoms with E-state index in [4.69, 9.17) is 10.5 Å². The highest BCUT2D eigenvalue weighted by atomic mass is 16.5. The van der Waals surface area contributed by atoms with Crippen molar-refractivity contribution < 1.29 is 14.3 Å². The lowest BCUT2D eigenvalue weighted by Gasteiger charge is -2.30. The zero-order valence-electron chi connectivity index (χ0n) is 15.6. The number of carbonyl (C=O) groups is 2. The number of fused-ring (bicyclic) bond motifs is 1. The van der Waals surface area contributed by atoms with Crippen LogP contribution in [0.1, 0.15) is 23.5 Å². The molecule has 9 heteroatoms. The number of carbonyl (C=O) groups excluding carboxylic acids is 2. The molecule has 28 heavy (non-hydrogen) atoms. The molecule has 146 valence electrons. The lowest BCUT2D eigenvalue weighted by Crippen LogP contribution is -2.38. The van der Waals surface area contributed by atoms with Crippen LogP contribution in [0, 0.1) is 6.92 Å². The van der Waals surface area contributed by atoms with E-state index >= 15 is 0 Å². The van der Waals surface area contributed by atoms with Gasteiger partial charge in [0.2, 0.25) is 17.8 Å². The average molecular weight is 382 g/mol. The number of nitrogens with two attached hydrogens (primary N) is 1. The smallest absolute Gasteiger partial charge is 0.232 e. The van der Waals surface area contributed by atoms with Gasteiger partial charge < -0.3 is 26.0 Å². The third-order valence-electron chi connectivity index (χ3n) is 4.97. The number of aryl methyl sites for hydroxylation is 1. The van der Waals surface area contributed by atoms with Crippen molar-refractivity contribution in [1.82, 2.24) is 9.97 Å². The number of amides is 2. The van der Waals surface area contributed by atoms with Crippen LogP contribution in [0.3, 0.4) is 0 Å². The second kappa shape index (κ2) is 7.43. The highest BCUT2D eigenvalue weighted by Crippen LogP contribution is 2.36. The van der Waals surface area contributed by atoms with E-state index in [1.807, 2.05) is 36.1 Å². The summed E-state index contributed by atoms with van der Waals surface area (Å²) in [6.45, 7) is 4.35. The number of hydrogen-bond donors (Lipinski definition) is 3. The largest absolute Gasteiger partial charge is 0.383 e. The van der Waals surface area contributed by atoms with Gasteiger partial charge in [0.05, 0.1) is 24.7 Å². The number of para-hydroxylation sites is 1. The van der Waals surface area contributed by atoms with Gasteiger partial charge in [-0.05, 0) is 18.6 Å². The van der Waals surface area contributed by atoms with E-state index in [9.17, 15) is 9.59 Å². The molecule has 1 atom stereocenters. The average Bonchev–Trinajstić information content (AvgIpc) is 2.69. The van der Waals surface area contributed by atoms with Crippen molar-refractivity contribution in [3.05, 3.63) is 35.4 Å². The lowest BCUT2D eigenvalue weighted by atomic mass is 9.91. The summed E-state index contributed by atoms with van der Waals surface area (Å²) in [4.78, 5) is 36.0. The van der Waals surface area contributed by atoms with E-state index < -0.39 is 5.92 Å². The number of hydrogen-bond acceptors (Lipinski definition) is 7. The van der Waals surface area contributed by atoms with E-state index in [1.54, 1.807) is 0 Å². The van der Waals surface area contributed by atoms with E-state index in [2.05, 4.69) is 20.6 Å². The molecule has 3 heterocycles. The minimum atomic E-state index is -0.748. The number of nitrogens with one attached hydrogen (secondary N) is 2. The molecule has 0 unspecified atom stereocenters. The summed E-state index contributed by atoms with van der Waals surface area (Å²) in [5.74, 6) is -0.392. The predicted molar refractivity (Wildman–Crippen MR) is 105 cm³/mol. The van der Waals surface area contributed by atoms with Crippen LogP contribution in [0.5, 0.6) is 0 Å². The summed E-state index contributed by atoms with van der Waals surface area (Å²) >= 11 is 0. The molecule has 4 rings (SSSR count). The molecule has 1 aromatic heterocycles. The topological polar surface area (TPSA) is 122 Å². The Labute approximate surface area is 162 Å². The molecule has 0 radical (unpaired) electrons. The van der Waals surface area contributed by atoms with Gasteiger partial charge in [0.25, 0.3) is 0 Å². The summed E-state index contributed by atoms with van der Waals surface area (Å²) in [7, 11) is 0. The monoisotopic (exact) mass is 382 g/mol. The first-order valence-electron chi connectivity index (χ1n) is 9.19. The number of anilines is 4. The molecule has 0 saturated carbocycles. The van der Waals surface area contributed by atoms with Crippen LogP contribution in [0.25, 0.3) is 0 Å². The summed E-state index contributed by atoms with van der Waals surface area (Å²) in [6.07, 6.45) is -0.00479. The molecule has 0 aliphatic carbocycles. The number of nitrogens with zero attached hydrogens (tertiary/aromatic N) is 3. The molecular formula is C19H22N6O3. The van der Waals surface area contributed by atoms with Crippen LogP contribution in [0.15, 0.2) is 24.3 Å². The number of nitrogen functional groups attached to an aromatic ring is 1.